The Bertz CT molecular complexity index is 279. The zero-order valence-electron chi connectivity index (χ0n) is 9.78. The largest absolute Gasteiger partial charge is 0.401 e. The number of rotatable bonds is 3. The first-order chi connectivity index (χ1) is 7.99. The van der Waals surface area contributed by atoms with E-state index in [-0.39, 0.29) is 18.0 Å². The van der Waals surface area contributed by atoms with Crippen molar-refractivity contribution in [2.45, 2.75) is 43.9 Å². The van der Waals surface area contributed by atoms with Gasteiger partial charge in [-0.05, 0) is 25.7 Å². The standard InChI is InChI=1S/C11H17F3N2O/c1-17-15-6-8-4-9-2-3-10(5-8)16(9)7-11(12,13)14/h6,8-10H,2-5,7H2,1H3. The van der Waals surface area contributed by atoms with Crippen LogP contribution in [0.15, 0.2) is 5.16 Å². The van der Waals surface area contributed by atoms with Crippen molar-refractivity contribution in [3.05, 3.63) is 0 Å². The molecule has 0 radical (unpaired) electrons. The van der Waals surface area contributed by atoms with Crippen LogP contribution in [-0.2, 0) is 4.84 Å². The summed E-state index contributed by atoms with van der Waals surface area (Å²) in [5.74, 6) is 0.261. The zero-order valence-corrected chi connectivity index (χ0v) is 9.78. The van der Waals surface area contributed by atoms with Crippen molar-refractivity contribution in [2.24, 2.45) is 11.1 Å². The molecule has 0 saturated carbocycles. The fourth-order valence-corrected chi connectivity index (χ4v) is 3.05. The number of alkyl halides is 3. The Morgan fingerprint density at radius 3 is 2.35 bits per heavy atom. The lowest BCUT2D eigenvalue weighted by molar-refractivity contribution is -0.155. The van der Waals surface area contributed by atoms with Gasteiger partial charge in [0.25, 0.3) is 0 Å². The van der Waals surface area contributed by atoms with E-state index in [2.05, 4.69) is 9.99 Å². The molecular weight excluding hydrogens is 233 g/mol. The van der Waals surface area contributed by atoms with Crippen LogP contribution in [-0.4, -0.2) is 43.0 Å². The summed E-state index contributed by atoms with van der Waals surface area (Å²) in [4.78, 5) is 6.24. The van der Waals surface area contributed by atoms with Crippen molar-refractivity contribution in [1.29, 1.82) is 0 Å². The lowest BCUT2D eigenvalue weighted by atomic mass is 9.92. The van der Waals surface area contributed by atoms with Gasteiger partial charge in [0.15, 0.2) is 0 Å². The first-order valence-electron chi connectivity index (χ1n) is 5.88. The summed E-state index contributed by atoms with van der Waals surface area (Å²) in [5, 5.41) is 3.73. The number of hydrogen-bond donors (Lipinski definition) is 0. The van der Waals surface area contributed by atoms with Gasteiger partial charge in [0.05, 0.1) is 6.54 Å². The van der Waals surface area contributed by atoms with E-state index < -0.39 is 12.7 Å². The predicted molar refractivity (Wildman–Crippen MR) is 57.8 cm³/mol. The number of fused-ring (bicyclic) bond motifs is 2. The monoisotopic (exact) mass is 250 g/mol. The number of halogens is 3. The highest BCUT2D eigenvalue weighted by Gasteiger charge is 2.44. The minimum atomic E-state index is -4.09. The molecule has 2 saturated heterocycles. The van der Waals surface area contributed by atoms with Gasteiger partial charge in [-0.2, -0.15) is 13.2 Å². The van der Waals surface area contributed by atoms with Crippen LogP contribution in [0.2, 0.25) is 0 Å². The Hall–Kier alpha value is -0.780. The molecule has 2 aliphatic heterocycles. The van der Waals surface area contributed by atoms with E-state index in [1.165, 1.54) is 7.11 Å². The Balaban J connectivity index is 1.96. The van der Waals surface area contributed by atoms with Gasteiger partial charge in [0.2, 0.25) is 0 Å². The second kappa shape index (κ2) is 4.84. The smallest absolute Gasteiger partial charge is 0.399 e. The second-order valence-corrected chi connectivity index (χ2v) is 4.84. The van der Waals surface area contributed by atoms with E-state index in [4.69, 9.17) is 0 Å². The Labute approximate surface area is 98.6 Å². The van der Waals surface area contributed by atoms with E-state index in [1.807, 2.05) is 0 Å². The molecule has 0 aliphatic carbocycles. The average Bonchev–Trinajstić information content (AvgIpc) is 2.50. The molecule has 3 nitrogen and oxygen atoms in total. The van der Waals surface area contributed by atoms with Crippen LogP contribution in [0, 0.1) is 5.92 Å². The van der Waals surface area contributed by atoms with Gasteiger partial charge in [0.1, 0.15) is 7.11 Å². The van der Waals surface area contributed by atoms with E-state index in [1.54, 1.807) is 11.1 Å². The zero-order chi connectivity index (χ0) is 12.5. The van der Waals surface area contributed by atoms with E-state index >= 15 is 0 Å². The van der Waals surface area contributed by atoms with Gasteiger partial charge in [-0.25, -0.2) is 0 Å². The predicted octanol–water partition coefficient (Wildman–Crippen LogP) is 2.42. The molecule has 0 spiro atoms. The molecule has 0 aromatic rings. The quantitative estimate of drug-likeness (QED) is 0.567. The van der Waals surface area contributed by atoms with Gasteiger partial charge in [-0.15, -0.1) is 0 Å². The highest BCUT2D eigenvalue weighted by atomic mass is 19.4. The van der Waals surface area contributed by atoms with E-state index in [0.717, 1.165) is 25.7 Å². The van der Waals surface area contributed by atoms with Crippen molar-refractivity contribution in [3.63, 3.8) is 0 Å². The van der Waals surface area contributed by atoms with Crippen molar-refractivity contribution in [2.75, 3.05) is 13.7 Å². The molecule has 0 aromatic carbocycles. The molecule has 6 heteroatoms. The third kappa shape index (κ3) is 3.12. The van der Waals surface area contributed by atoms with Crippen LogP contribution in [0.1, 0.15) is 25.7 Å². The molecule has 2 rings (SSSR count). The second-order valence-electron chi connectivity index (χ2n) is 4.84. The maximum absolute atomic E-state index is 12.4. The van der Waals surface area contributed by atoms with Crippen molar-refractivity contribution in [3.8, 4) is 0 Å². The third-order valence-electron chi connectivity index (χ3n) is 3.66. The first kappa shape index (κ1) is 12.7. The maximum Gasteiger partial charge on any atom is 0.401 e. The SMILES string of the molecule is CON=CC1CC2CCC(C1)N2CC(F)(F)F. The molecule has 98 valence electrons. The Morgan fingerprint density at radius 2 is 1.88 bits per heavy atom. The molecule has 17 heavy (non-hydrogen) atoms. The topological polar surface area (TPSA) is 24.8 Å². The van der Waals surface area contributed by atoms with Crippen LogP contribution in [0.4, 0.5) is 13.2 Å². The normalized spacial score (nSPS) is 34.5. The summed E-state index contributed by atoms with van der Waals surface area (Å²) in [5.41, 5.74) is 0. The third-order valence-corrected chi connectivity index (χ3v) is 3.66. The fraction of sp³-hybridized carbons (Fsp3) is 0.909. The lowest BCUT2D eigenvalue weighted by Gasteiger charge is -2.37. The minimum Gasteiger partial charge on any atom is -0.399 e. The summed E-state index contributed by atoms with van der Waals surface area (Å²) in [7, 11) is 1.48. The van der Waals surface area contributed by atoms with Gasteiger partial charge in [0, 0.05) is 24.2 Å². The summed E-state index contributed by atoms with van der Waals surface area (Å²) in [6.45, 7) is -0.767. The first-order valence-corrected chi connectivity index (χ1v) is 5.88. The van der Waals surface area contributed by atoms with E-state index in [9.17, 15) is 13.2 Å². The fourth-order valence-electron chi connectivity index (χ4n) is 3.05. The molecule has 0 N–H and O–H groups in total. The lowest BCUT2D eigenvalue weighted by Crippen LogP contribution is -2.47. The van der Waals surface area contributed by atoms with Crippen LogP contribution in [0.25, 0.3) is 0 Å². The number of hydrogen-bond acceptors (Lipinski definition) is 3. The van der Waals surface area contributed by atoms with Crippen LogP contribution < -0.4 is 0 Å². The molecular formula is C11H17F3N2O. The number of oxime groups is 1. The van der Waals surface area contributed by atoms with Crippen molar-refractivity contribution in [1.82, 2.24) is 4.90 Å². The minimum absolute atomic E-state index is 0.0590. The van der Waals surface area contributed by atoms with E-state index in [0.29, 0.717) is 0 Å². The summed E-state index contributed by atoms with van der Waals surface area (Å²) in [6.07, 6.45) is 0.916. The maximum atomic E-state index is 12.4. The van der Waals surface area contributed by atoms with Gasteiger partial charge in [-0.1, -0.05) is 5.16 Å². The number of piperidine rings is 1. The van der Waals surface area contributed by atoms with Gasteiger partial charge >= 0.3 is 6.18 Å². The molecule has 2 atom stereocenters. The molecule has 2 unspecified atom stereocenters. The summed E-state index contributed by atoms with van der Waals surface area (Å²) >= 11 is 0. The molecule has 2 bridgehead atoms. The molecule has 2 fully saturated rings. The van der Waals surface area contributed by atoms with Crippen molar-refractivity contribution >= 4 is 6.21 Å². The molecule has 0 amide bonds. The Kier molecular flexibility index (Phi) is 3.61. The number of nitrogens with zero attached hydrogens (tertiary/aromatic N) is 2. The van der Waals surface area contributed by atoms with Crippen LogP contribution in [0.5, 0.6) is 0 Å². The average molecular weight is 250 g/mol. The van der Waals surface area contributed by atoms with Crippen LogP contribution in [0.3, 0.4) is 0 Å². The molecule has 2 heterocycles. The molecule has 2 aliphatic rings. The summed E-state index contributed by atoms with van der Waals surface area (Å²) < 4.78 is 37.3. The highest BCUT2D eigenvalue weighted by molar-refractivity contribution is 5.60. The van der Waals surface area contributed by atoms with Gasteiger partial charge < -0.3 is 4.84 Å². The highest BCUT2D eigenvalue weighted by Crippen LogP contribution is 2.39. The molecule has 0 aromatic heterocycles. The van der Waals surface area contributed by atoms with Crippen molar-refractivity contribution < 1.29 is 18.0 Å². The van der Waals surface area contributed by atoms with Crippen LogP contribution >= 0.6 is 0 Å². The Morgan fingerprint density at radius 1 is 1.29 bits per heavy atom. The van der Waals surface area contributed by atoms with Gasteiger partial charge in [-0.3, -0.25) is 4.90 Å². The summed E-state index contributed by atoms with van der Waals surface area (Å²) in [6, 6.07) is 0.118.